The highest BCUT2D eigenvalue weighted by Gasteiger charge is 2.12. The molecule has 0 radical (unpaired) electrons. The number of non-ortho nitro benzene ring substituents is 1. The summed E-state index contributed by atoms with van der Waals surface area (Å²) < 4.78 is 0. The number of nitrogens with one attached hydrogen (secondary N) is 2. The molecule has 2 rings (SSSR count). The smallest absolute Gasteiger partial charge is 0.271 e. The number of nitro benzene ring substituents is 1. The number of hydrogen-bond donors (Lipinski definition) is 2. The predicted molar refractivity (Wildman–Crippen MR) is 102 cm³/mol. The zero-order chi connectivity index (χ0) is 17.5. The van der Waals surface area contributed by atoms with Crippen LogP contribution in [0.4, 0.5) is 11.4 Å². The highest BCUT2D eigenvalue weighted by molar-refractivity contribution is 7.80. The topological polar surface area (TPSA) is 67.2 Å². The molecule has 1 atom stereocenters. The van der Waals surface area contributed by atoms with E-state index in [9.17, 15) is 10.1 Å². The summed E-state index contributed by atoms with van der Waals surface area (Å²) in [6.07, 6.45) is 1.85. The average Bonchev–Trinajstić information content (AvgIpc) is 2.55. The Balaban J connectivity index is 1.88. The van der Waals surface area contributed by atoms with Crippen LogP contribution in [0.2, 0.25) is 5.02 Å². The van der Waals surface area contributed by atoms with Crippen LogP contribution in [0.25, 0.3) is 0 Å². The number of nitrogens with zero attached hydrogens (tertiary/aromatic N) is 1. The molecule has 5 nitrogen and oxygen atoms in total. The third-order valence-corrected chi connectivity index (χ3v) is 4.04. The normalized spacial score (nSPS) is 11.6. The molecule has 0 saturated heterocycles. The van der Waals surface area contributed by atoms with E-state index in [0.29, 0.717) is 15.8 Å². The number of hydrogen-bond acceptors (Lipinski definition) is 3. The standard InChI is InChI=1S/C17H18ClN3O2S/c1-12(7-8-13-5-3-2-4-6-13)19-17(24)20-16-11-14(21(22)23)9-10-15(16)18/h2-6,9-12H,7-8H2,1H3,(H2,19,20,24)/t12-/m1/s1. The largest absolute Gasteiger partial charge is 0.360 e. The van der Waals surface area contributed by atoms with Crippen molar-refractivity contribution in [1.82, 2.24) is 5.32 Å². The first-order valence-electron chi connectivity index (χ1n) is 7.51. The second-order valence-corrected chi connectivity index (χ2v) is 6.26. The summed E-state index contributed by atoms with van der Waals surface area (Å²) in [4.78, 5) is 10.4. The van der Waals surface area contributed by atoms with Gasteiger partial charge in [-0.1, -0.05) is 41.9 Å². The molecule has 0 bridgehead atoms. The molecule has 0 aliphatic rings. The van der Waals surface area contributed by atoms with Crippen molar-refractivity contribution < 1.29 is 4.92 Å². The van der Waals surface area contributed by atoms with Crippen LogP contribution in [0.3, 0.4) is 0 Å². The average molecular weight is 364 g/mol. The Hall–Kier alpha value is -2.18. The fourth-order valence-corrected chi connectivity index (χ4v) is 2.68. The molecule has 0 aliphatic heterocycles. The zero-order valence-electron chi connectivity index (χ0n) is 13.2. The minimum Gasteiger partial charge on any atom is -0.360 e. The van der Waals surface area contributed by atoms with Crippen molar-refractivity contribution in [2.45, 2.75) is 25.8 Å². The molecule has 0 aliphatic carbocycles. The number of benzene rings is 2. The van der Waals surface area contributed by atoms with Gasteiger partial charge in [-0.3, -0.25) is 10.1 Å². The molecule has 2 aromatic rings. The maximum absolute atomic E-state index is 10.8. The van der Waals surface area contributed by atoms with Crippen molar-refractivity contribution in [2.24, 2.45) is 0 Å². The molecule has 0 heterocycles. The fourth-order valence-electron chi connectivity index (χ4n) is 2.20. The van der Waals surface area contributed by atoms with E-state index in [4.69, 9.17) is 23.8 Å². The molecule has 0 spiro atoms. The Kier molecular flexibility index (Phi) is 6.52. The van der Waals surface area contributed by atoms with Gasteiger partial charge in [0.15, 0.2) is 5.11 Å². The van der Waals surface area contributed by atoms with Gasteiger partial charge in [0.05, 0.1) is 15.6 Å². The van der Waals surface area contributed by atoms with Gasteiger partial charge >= 0.3 is 0 Å². The lowest BCUT2D eigenvalue weighted by atomic mass is 10.1. The van der Waals surface area contributed by atoms with Crippen molar-refractivity contribution in [2.75, 3.05) is 5.32 Å². The van der Waals surface area contributed by atoms with Crippen LogP contribution in [-0.4, -0.2) is 16.1 Å². The quantitative estimate of drug-likeness (QED) is 0.447. The fraction of sp³-hybridized carbons (Fsp3) is 0.235. The van der Waals surface area contributed by atoms with Crippen LogP contribution in [0, 0.1) is 10.1 Å². The Morgan fingerprint density at radius 3 is 2.67 bits per heavy atom. The third kappa shape index (κ3) is 5.47. The van der Waals surface area contributed by atoms with Gasteiger partial charge in [0.2, 0.25) is 0 Å². The number of thiocarbonyl (C=S) groups is 1. The van der Waals surface area contributed by atoms with Crippen LogP contribution in [0.15, 0.2) is 48.5 Å². The van der Waals surface area contributed by atoms with Gasteiger partial charge in [-0.15, -0.1) is 0 Å². The second kappa shape index (κ2) is 8.61. The number of aryl methyl sites for hydroxylation is 1. The molecule has 7 heteroatoms. The molecule has 24 heavy (non-hydrogen) atoms. The highest BCUT2D eigenvalue weighted by Crippen LogP contribution is 2.26. The lowest BCUT2D eigenvalue weighted by molar-refractivity contribution is -0.384. The van der Waals surface area contributed by atoms with E-state index >= 15 is 0 Å². The Labute approximate surface area is 151 Å². The maximum Gasteiger partial charge on any atom is 0.271 e. The summed E-state index contributed by atoms with van der Waals surface area (Å²) in [6.45, 7) is 2.03. The summed E-state index contributed by atoms with van der Waals surface area (Å²) >= 11 is 11.3. The van der Waals surface area contributed by atoms with Crippen LogP contribution in [0.1, 0.15) is 18.9 Å². The summed E-state index contributed by atoms with van der Waals surface area (Å²) in [5.74, 6) is 0. The number of nitro groups is 1. The molecular formula is C17H18ClN3O2S. The van der Waals surface area contributed by atoms with E-state index in [1.807, 2.05) is 25.1 Å². The van der Waals surface area contributed by atoms with Crippen molar-refractivity contribution in [1.29, 1.82) is 0 Å². The number of anilines is 1. The van der Waals surface area contributed by atoms with Crippen LogP contribution in [-0.2, 0) is 6.42 Å². The Bertz CT molecular complexity index is 725. The molecule has 0 unspecified atom stereocenters. The van der Waals surface area contributed by atoms with Gasteiger partial charge in [0.25, 0.3) is 5.69 Å². The highest BCUT2D eigenvalue weighted by atomic mass is 35.5. The van der Waals surface area contributed by atoms with Crippen molar-refractivity contribution >= 4 is 40.3 Å². The Morgan fingerprint density at radius 1 is 1.29 bits per heavy atom. The van der Waals surface area contributed by atoms with E-state index in [0.717, 1.165) is 12.8 Å². The number of halogens is 1. The van der Waals surface area contributed by atoms with Crippen LogP contribution >= 0.6 is 23.8 Å². The maximum atomic E-state index is 10.8. The lowest BCUT2D eigenvalue weighted by Gasteiger charge is -2.17. The summed E-state index contributed by atoms with van der Waals surface area (Å²) in [5, 5.41) is 17.7. The molecule has 0 saturated carbocycles. The zero-order valence-corrected chi connectivity index (χ0v) is 14.7. The molecular weight excluding hydrogens is 346 g/mol. The lowest BCUT2D eigenvalue weighted by Crippen LogP contribution is -2.36. The first kappa shape index (κ1) is 18.2. The van der Waals surface area contributed by atoms with Crippen molar-refractivity contribution in [3.05, 3.63) is 69.2 Å². The Morgan fingerprint density at radius 2 is 2.00 bits per heavy atom. The van der Waals surface area contributed by atoms with E-state index < -0.39 is 4.92 Å². The minimum absolute atomic E-state index is 0.0400. The van der Waals surface area contributed by atoms with Crippen molar-refractivity contribution in [3.8, 4) is 0 Å². The molecule has 0 amide bonds. The first-order chi connectivity index (χ1) is 11.5. The van der Waals surface area contributed by atoms with Gasteiger partial charge < -0.3 is 10.6 Å². The molecule has 126 valence electrons. The number of rotatable bonds is 6. The summed E-state index contributed by atoms with van der Waals surface area (Å²) in [5.41, 5.74) is 1.65. The summed E-state index contributed by atoms with van der Waals surface area (Å²) in [7, 11) is 0. The van der Waals surface area contributed by atoms with E-state index in [1.165, 1.54) is 23.8 Å². The molecule has 2 aromatic carbocycles. The monoisotopic (exact) mass is 363 g/mol. The molecule has 2 N–H and O–H groups in total. The summed E-state index contributed by atoms with van der Waals surface area (Å²) in [6, 6.07) is 14.6. The van der Waals surface area contributed by atoms with E-state index in [1.54, 1.807) is 0 Å². The minimum atomic E-state index is -0.472. The van der Waals surface area contributed by atoms with Crippen LogP contribution in [0.5, 0.6) is 0 Å². The predicted octanol–water partition coefficient (Wildman–Crippen LogP) is 4.56. The van der Waals surface area contributed by atoms with Gasteiger partial charge in [0.1, 0.15) is 0 Å². The SMILES string of the molecule is C[C@H](CCc1ccccc1)NC(=S)Nc1cc([N+](=O)[O-])ccc1Cl. The molecule has 0 fully saturated rings. The van der Waals surface area contributed by atoms with Crippen molar-refractivity contribution in [3.63, 3.8) is 0 Å². The van der Waals surface area contributed by atoms with Gasteiger partial charge in [-0.25, -0.2) is 0 Å². The van der Waals surface area contributed by atoms with E-state index in [2.05, 4.69) is 22.8 Å². The van der Waals surface area contributed by atoms with E-state index in [-0.39, 0.29) is 11.7 Å². The third-order valence-electron chi connectivity index (χ3n) is 3.50. The first-order valence-corrected chi connectivity index (χ1v) is 8.29. The second-order valence-electron chi connectivity index (χ2n) is 5.45. The van der Waals surface area contributed by atoms with Gasteiger partial charge in [-0.2, -0.15) is 0 Å². The van der Waals surface area contributed by atoms with Gasteiger partial charge in [0, 0.05) is 18.2 Å². The van der Waals surface area contributed by atoms with Gasteiger partial charge in [-0.05, 0) is 43.6 Å². The molecule has 0 aromatic heterocycles. The van der Waals surface area contributed by atoms with Crippen LogP contribution < -0.4 is 10.6 Å².